The van der Waals surface area contributed by atoms with E-state index in [-0.39, 0.29) is 23.4 Å². The Hall–Kier alpha value is -1.17. The molecule has 0 aromatic heterocycles. The minimum absolute atomic E-state index is 0.0826. The third-order valence-corrected chi connectivity index (χ3v) is 2.74. The van der Waals surface area contributed by atoms with Gasteiger partial charge in [-0.25, -0.2) is 0 Å². The molecule has 0 aliphatic rings. The molecule has 0 bridgehead atoms. The maximum Gasteiger partial charge on any atom is 0.288 e. The van der Waals surface area contributed by atoms with Crippen molar-refractivity contribution in [1.29, 1.82) is 0 Å². The van der Waals surface area contributed by atoms with Crippen LogP contribution < -0.4 is 5.32 Å². The highest BCUT2D eigenvalue weighted by Gasteiger charge is 2.12. The number of nitrogens with one attached hydrogen (secondary N) is 1. The monoisotopic (exact) mass is 258 g/mol. The average molecular weight is 259 g/mol. The van der Waals surface area contributed by atoms with Crippen LogP contribution in [0, 0.1) is 10.1 Å². The number of aliphatic hydroxyl groups is 1. The van der Waals surface area contributed by atoms with Gasteiger partial charge in [0.15, 0.2) is 0 Å². The highest BCUT2D eigenvalue weighted by molar-refractivity contribution is 6.32. The minimum atomic E-state index is -0.497. The first-order chi connectivity index (χ1) is 8.04. The Kier molecular flexibility index (Phi) is 5.34. The van der Waals surface area contributed by atoms with E-state index < -0.39 is 4.92 Å². The van der Waals surface area contributed by atoms with Crippen LogP contribution in [0.1, 0.15) is 18.9 Å². The van der Waals surface area contributed by atoms with E-state index >= 15 is 0 Å². The van der Waals surface area contributed by atoms with Gasteiger partial charge in [-0.1, -0.05) is 17.7 Å². The number of hydrogen-bond acceptors (Lipinski definition) is 4. The van der Waals surface area contributed by atoms with Crippen molar-refractivity contribution in [2.75, 3.05) is 6.61 Å². The summed E-state index contributed by atoms with van der Waals surface area (Å²) in [6.45, 7) is 2.58. The topological polar surface area (TPSA) is 75.4 Å². The SMILES string of the molecule is CC(CCO)NCc1ccc(Cl)c([N+](=O)[O-])c1. The molecular formula is C11H15ClN2O3. The number of nitro benzene ring substituents is 1. The fourth-order valence-electron chi connectivity index (χ4n) is 1.40. The van der Waals surface area contributed by atoms with Crippen molar-refractivity contribution < 1.29 is 10.0 Å². The second kappa shape index (κ2) is 6.54. The van der Waals surface area contributed by atoms with Crippen LogP contribution in [0.4, 0.5) is 5.69 Å². The van der Waals surface area contributed by atoms with E-state index in [2.05, 4.69) is 5.32 Å². The normalized spacial score (nSPS) is 12.4. The molecule has 1 aromatic carbocycles. The van der Waals surface area contributed by atoms with Crippen LogP contribution in [0.15, 0.2) is 18.2 Å². The summed E-state index contributed by atoms with van der Waals surface area (Å²) in [6, 6.07) is 4.89. The zero-order chi connectivity index (χ0) is 12.8. The summed E-state index contributed by atoms with van der Waals surface area (Å²) in [6.07, 6.45) is 0.648. The second-order valence-electron chi connectivity index (χ2n) is 3.84. The zero-order valence-corrected chi connectivity index (χ0v) is 10.3. The standard InChI is InChI=1S/C11H15ClN2O3/c1-8(4-5-15)13-7-9-2-3-10(12)11(6-9)14(16)17/h2-3,6,8,13,15H,4-5,7H2,1H3. The van der Waals surface area contributed by atoms with Gasteiger partial charge in [0, 0.05) is 25.3 Å². The molecule has 5 nitrogen and oxygen atoms in total. The van der Waals surface area contributed by atoms with Gasteiger partial charge in [-0.2, -0.15) is 0 Å². The van der Waals surface area contributed by atoms with Crippen molar-refractivity contribution >= 4 is 17.3 Å². The molecule has 94 valence electrons. The molecule has 1 aromatic rings. The van der Waals surface area contributed by atoms with Crippen LogP contribution in [0.2, 0.25) is 5.02 Å². The van der Waals surface area contributed by atoms with Gasteiger partial charge in [-0.15, -0.1) is 0 Å². The number of halogens is 1. The van der Waals surface area contributed by atoms with Gasteiger partial charge in [0.05, 0.1) is 4.92 Å². The van der Waals surface area contributed by atoms with Crippen molar-refractivity contribution in [3.63, 3.8) is 0 Å². The summed E-state index contributed by atoms with van der Waals surface area (Å²) in [5.74, 6) is 0. The molecule has 0 aliphatic carbocycles. The molecule has 6 heteroatoms. The lowest BCUT2D eigenvalue weighted by atomic mass is 10.1. The highest BCUT2D eigenvalue weighted by Crippen LogP contribution is 2.24. The molecule has 0 aliphatic heterocycles. The quantitative estimate of drug-likeness (QED) is 0.605. The van der Waals surface area contributed by atoms with Gasteiger partial charge >= 0.3 is 0 Å². The number of nitrogens with zero attached hydrogens (tertiary/aromatic N) is 1. The van der Waals surface area contributed by atoms with E-state index in [1.807, 2.05) is 6.92 Å². The molecule has 0 fully saturated rings. The van der Waals surface area contributed by atoms with Gasteiger partial charge in [-0.3, -0.25) is 10.1 Å². The van der Waals surface area contributed by atoms with Gasteiger partial charge in [0.1, 0.15) is 5.02 Å². The van der Waals surface area contributed by atoms with Crippen molar-refractivity contribution in [1.82, 2.24) is 5.32 Å². The van der Waals surface area contributed by atoms with Gasteiger partial charge in [0.25, 0.3) is 5.69 Å². The van der Waals surface area contributed by atoms with Crippen LogP contribution in [-0.4, -0.2) is 22.7 Å². The van der Waals surface area contributed by atoms with Gasteiger partial charge in [0.2, 0.25) is 0 Å². The van der Waals surface area contributed by atoms with Crippen LogP contribution in [0.3, 0.4) is 0 Å². The number of hydrogen-bond donors (Lipinski definition) is 2. The van der Waals surface area contributed by atoms with E-state index in [1.54, 1.807) is 6.07 Å². The lowest BCUT2D eigenvalue weighted by molar-refractivity contribution is -0.384. The van der Waals surface area contributed by atoms with E-state index in [9.17, 15) is 10.1 Å². The largest absolute Gasteiger partial charge is 0.396 e. The van der Waals surface area contributed by atoms with E-state index in [0.29, 0.717) is 13.0 Å². The van der Waals surface area contributed by atoms with E-state index in [4.69, 9.17) is 16.7 Å². The summed E-state index contributed by atoms with van der Waals surface area (Å²) in [7, 11) is 0. The van der Waals surface area contributed by atoms with Crippen LogP contribution in [0.5, 0.6) is 0 Å². The first-order valence-corrected chi connectivity index (χ1v) is 5.69. The zero-order valence-electron chi connectivity index (χ0n) is 9.52. The third-order valence-electron chi connectivity index (χ3n) is 2.42. The maximum absolute atomic E-state index is 10.7. The predicted octanol–water partition coefficient (Wildman–Crippen LogP) is 2.11. The number of rotatable bonds is 6. The van der Waals surface area contributed by atoms with Gasteiger partial charge in [-0.05, 0) is 25.0 Å². The van der Waals surface area contributed by atoms with Crippen molar-refractivity contribution in [2.45, 2.75) is 25.9 Å². The molecule has 0 amide bonds. The molecule has 0 radical (unpaired) electrons. The van der Waals surface area contributed by atoms with Gasteiger partial charge < -0.3 is 10.4 Å². The fraction of sp³-hybridized carbons (Fsp3) is 0.455. The lowest BCUT2D eigenvalue weighted by Crippen LogP contribution is -2.26. The van der Waals surface area contributed by atoms with Crippen molar-refractivity contribution in [2.24, 2.45) is 0 Å². The van der Waals surface area contributed by atoms with Crippen LogP contribution >= 0.6 is 11.6 Å². The Balaban J connectivity index is 2.66. The molecule has 1 atom stereocenters. The fourth-order valence-corrected chi connectivity index (χ4v) is 1.58. The molecule has 2 N–H and O–H groups in total. The first kappa shape index (κ1) is 13.9. The smallest absolute Gasteiger partial charge is 0.288 e. The van der Waals surface area contributed by atoms with Crippen LogP contribution in [-0.2, 0) is 6.54 Å². The molecule has 0 saturated heterocycles. The Morgan fingerprint density at radius 3 is 2.88 bits per heavy atom. The summed E-state index contributed by atoms with van der Waals surface area (Å²) in [5.41, 5.74) is 0.715. The number of aliphatic hydroxyl groups excluding tert-OH is 1. The predicted molar refractivity (Wildman–Crippen MR) is 66.1 cm³/mol. The Bertz CT molecular complexity index is 398. The van der Waals surface area contributed by atoms with E-state index in [0.717, 1.165) is 5.56 Å². The maximum atomic E-state index is 10.7. The first-order valence-electron chi connectivity index (χ1n) is 5.31. The molecular weight excluding hydrogens is 244 g/mol. The van der Waals surface area contributed by atoms with Crippen LogP contribution in [0.25, 0.3) is 0 Å². The number of nitro groups is 1. The number of benzene rings is 1. The van der Waals surface area contributed by atoms with Crippen molar-refractivity contribution in [3.8, 4) is 0 Å². The molecule has 1 rings (SSSR count). The highest BCUT2D eigenvalue weighted by atomic mass is 35.5. The molecule has 0 saturated carbocycles. The molecule has 0 heterocycles. The Morgan fingerprint density at radius 1 is 1.59 bits per heavy atom. The van der Waals surface area contributed by atoms with E-state index in [1.165, 1.54) is 12.1 Å². The summed E-state index contributed by atoms with van der Waals surface area (Å²) < 4.78 is 0. The van der Waals surface area contributed by atoms with Crippen molar-refractivity contribution in [3.05, 3.63) is 38.9 Å². The molecule has 1 unspecified atom stereocenters. The summed E-state index contributed by atoms with van der Waals surface area (Å²) in [4.78, 5) is 10.2. The Labute approximate surface area is 105 Å². The lowest BCUT2D eigenvalue weighted by Gasteiger charge is -2.12. The summed E-state index contributed by atoms with van der Waals surface area (Å²) in [5, 5.41) is 22.7. The summed E-state index contributed by atoms with van der Waals surface area (Å²) >= 11 is 5.71. The molecule has 17 heavy (non-hydrogen) atoms. The molecule has 0 spiro atoms. The minimum Gasteiger partial charge on any atom is -0.396 e. The third kappa shape index (κ3) is 4.30. The average Bonchev–Trinajstić information content (AvgIpc) is 2.28. The Morgan fingerprint density at radius 2 is 2.29 bits per heavy atom. The second-order valence-corrected chi connectivity index (χ2v) is 4.24.